The fourth-order valence-electron chi connectivity index (χ4n) is 3.17. The zero-order valence-corrected chi connectivity index (χ0v) is 15.9. The first-order chi connectivity index (χ1) is 12.6. The number of carbonyl (C=O) groups is 1. The molecule has 1 atom stereocenters. The molecule has 1 aromatic carbocycles. The average Bonchev–Trinajstić information content (AvgIpc) is 3.31. The van der Waals surface area contributed by atoms with E-state index in [1.807, 2.05) is 11.4 Å². The van der Waals surface area contributed by atoms with E-state index < -0.39 is 0 Å². The Morgan fingerprint density at radius 3 is 2.81 bits per heavy atom. The van der Waals surface area contributed by atoms with E-state index in [-0.39, 0.29) is 24.4 Å². The van der Waals surface area contributed by atoms with Crippen LogP contribution in [0.25, 0.3) is 0 Å². The normalized spacial score (nSPS) is 17.0. The molecule has 2 heterocycles. The Kier molecular flexibility index (Phi) is 6.77. The van der Waals surface area contributed by atoms with Gasteiger partial charge in [0.05, 0.1) is 12.6 Å². The second kappa shape index (κ2) is 9.26. The van der Waals surface area contributed by atoms with Crippen molar-refractivity contribution < 1.29 is 13.9 Å². The van der Waals surface area contributed by atoms with Crippen LogP contribution in [0.3, 0.4) is 0 Å². The van der Waals surface area contributed by atoms with Gasteiger partial charge >= 0.3 is 0 Å². The summed E-state index contributed by atoms with van der Waals surface area (Å²) in [6, 6.07) is 10.7. The summed E-state index contributed by atoms with van der Waals surface area (Å²) in [6.45, 7) is 2.87. The Hall–Kier alpha value is -1.76. The highest BCUT2D eigenvalue weighted by Crippen LogP contribution is 2.17. The van der Waals surface area contributed by atoms with Crippen LogP contribution in [0.5, 0.6) is 0 Å². The largest absolute Gasteiger partial charge is 0.377 e. The Labute approximate surface area is 158 Å². The molecule has 1 amide bonds. The second-order valence-corrected chi connectivity index (χ2v) is 7.76. The monoisotopic (exact) mass is 376 g/mol. The fraction of sp³-hybridized carbons (Fsp3) is 0.450. The van der Waals surface area contributed by atoms with Crippen molar-refractivity contribution in [3.8, 4) is 0 Å². The van der Waals surface area contributed by atoms with Crippen molar-refractivity contribution in [3.63, 3.8) is 0 Å². The number of thiophene rings is 1. The number of amides is 1. The van der Waals surface area contributed by atoms with Crippen molar-refractivity contribution in [1.82, 2.24) is 9.80 Å². The van der Waals surface area contributed by atoms with Gasteiger partial charge in [-0.2, -0.15) is 0 Å². The zero-order chi connectivity index (χ0) is 18.4. The maximum Gasteiger partial charge on any atom is 0.236 e. The van der Waals surface area contributed by atoms with Crippen LogP contribution in [0, 0.1) is 5.82 Å². The van der Waals surface area contributed by atoms with Crippen LogP contribution in [0.4, 0.5) is 4.39 Å². The molecule has 1 aromatic heterocycles. The third kappa shape index (κ3) is 5.37. The van der Waals surface area contributed by atoms with E-state index >= 15 is 0 Å². The highest BCUT2D eigenvalue weighted by molar-refractivity contribution is 7.09. The summed E-state index contributed by atoms with van der Waals surface area (Å²) in [7, 11) is 1.73. The van der Waals surface area contributed by atoms with Crippen LogP contribution in [0.2, 0.25) is 0 Å². The fourth-order valence-corrected chi connectivity index (χ4v) is 3.91. The van der Waals surface area contributed by atoms with Crippen molar-refractivity contribution in [2.75, 3.05) is 26.7 Å². The lowest BCUT2D eigenvalue weighted by molar-refractivity contribution is -0.132. The van der Waals surface area contributed by atoms with E-state index in [2.05, 4.69) is 11.0 Å². The van der Waals surface area contributed by atoms with Crippen molar-refractivity contribution in [3.05, 3.63) is 58.0 Å². The molecule has 1 unspecified atom stereocenters. The van der Waals surface area contributed by atoms with Crippen molar-refractivity contribution in [2.24, 2.45) is 0 Å². The first-order valence-corrected chi connectivity index (χ1v) is 9.83. The second-order valence-electron chi connectivity index (χ2n) is 6.73. The van der Waals surface area contributed by atoms with Crippen LogP contribution >= 0.6 is 11.3 Å². The maximum atomic E-state index is 13.8. The van der Waals surface area contributed by atoms with Crippen molar-refractivity contribution >= 4 is 17.2 Å². The molecular weight excluding hydrogens is 351 g/mol. The van der Waals surface area contributed by atoms with Gasteiger partial charge in [0.2, 0.25) is 5.91 Å². The molecule has 4 nitrogen and oxygen atoms in total. The predicted molar refractivity (Wildman–Crippen MR) is 101 cm³/mol. The Balaban J connectivity index is 1.60. The number of hydrogen-bond donors (Lipinski definition) is 0. The lowest BCUT2D eigenvalue weighted by Crippen LogP contribution is -2.41. The molecule has 1 aliphatic rings. The number of nitrogens with zero attached hydrogens (tertiary/aromatic N) is 2. The van der Waals surface area contributed by atoms with Gasteiger partial charge in [0.25, 0.3) is 0 Å². The maximum absolute atomic E-state index is 13.8. The molecule has 3 rings (SSSR count). The zero-order valence-electron chi connectivity index (χ0n) is 15.1. The van der Waals surface area contributed by atoms with E-state index in [0.29, 0.717) is 12.1 Å². The molecule has 0 saturated carbocycles. The molecule has 6 heteroatoms. The molecule has 140 valence electrons. The first kappa shape index (κ1) is 19.0. The van der Waals surface area contributed by atoms with Gasteiger partial charge in [-0.3, -0.25) is 9.69 Å². The molecule has 0 radical (unpaired) electrons. The third-order valence-corrected chi connectivity index (χ3v) is 5.46. The van der Waals surface area contributed by atoms with E-state index in [1.54, 1.807) is 41.5 Å². The van der Waals surface area contributed by atoms with E-state index in [0.717, 1.165) is 32.5 Å². The Morgan fingerprint density at radius 1 is 1.27 bits per heavy atom. The van der Waals surface area contributed by atoms with E-state index in [9.17, 15) is 9.18 Å². The Bertz CT molecular complexity index is 702. The van der Waals surface area contributed by atoms with Gasteiger partial charge in [-0.1, -0.05) is 24.3 Å². The standard InChI is InChI=1S/C20H25FN2O2S/c1-22(12-16-6-2-3-9-19(16)21)20(24)15-23(13-17-7-4-10-25-17)14-18-8-5-11-26-18/h2-3,5-6,8-9,11,17H,4,7,10,12-15H2,1H3. The minimum atomic E-state index is -0.276. The van der Waals surface area contributed by atoms with Gasteiger partial charge in [-0.25, -0.2) is 4.39 Å². The van der Waals surface area contributed by atoms with Crippen molar-refractivity contribution in [1.29, 1.82) is 0 Å². The van der Waals surface area contributed by atoms with Gasteiger partial charge in [0.15, 0.2) is 0 Å². The number of ether oxygens (including phenoxy) is 1. The molecule has 1 aliphatic heterocycles. The van der Waals surface area contributed by atoms with Crippen LogP contribution in [-0.4, -0.2) is 48.6 Å². The number of likely N-dealkylation sites (N-methyl/N-ethyl adjacent to an activating group) is 1. The van der Waals surface area contributed by atoms with Crippen LogP contribution in [0.1, 0.15) is 23.3 Å². The molecule has 0 aliphatic carbocycles. The summed E-state index contributed by atoms with van der Waals surface area (Å²) in [5.74, 6) is -0.287. The Morgan fingerprint density at radius 2 is 2.12 bits per heavy atom. The van der Waals surface area contributed by atoms with Gasteiger partial charge < -0.3 is 9.64 Å². The van der Waals surface area contributed by atoms with Gasteiger partial charge in [-0.05, 0) is 30.4 Å². The average molecular weight is 376 g/mol. The van der Waals surface area contributed by atoms with Gasteiger partial charge in [-0.15, -0.1) is 11.3 Å². The smallest absolute Gasteiger partial charge is 0.236 e. The molecular formula is C20H25FN2O2S. The first-order valence-electron chi connectivity index (χ1n) is 8.95. The molecule has 0 bridgehead atoms. The minimum absolute atomic E-state index is 0.0113. The predicted octanol–water partition coefficient (Wildman–Crippen LogP) is 3.53. The summed E-state index contributed by atoms with van der Waals surface area (Å²) in [5, 5.41) is 2.05. The number of rotatable bonds is 8. The van der Waals surface area contributed by atoms with E-state index in [4.69, 9.17) is 4.74 Å². The molecule has 0 N–H and O–H groups in total. The lowest BCUT2D eigenvalue weighted by Gasteiger charge is -2.27. The van der Waals surface area contributed by atoms with Crippen LogP contribution in [0.15, 0.2) is 41.8 Å². The highest BCUT2D eigenvalue weighted by atomic mass is 32.1. The molecule has 0 spiro atoms. The minimum Gasteiger partial charge on any atom is -0.377 e. The molecule has 2 aromatic rings. The van der Waals surface area contributed by atoms with Gasteiger partial charge in [0, 0.05) is 43.7 Å². The third-order valence-electron chi connectivity index (χ3n) is 4.60. The van der Waals surface area contributed by atoms with Gasteiger partial charge in [0.1, 0.15) is 5.82 Å². The summed E-state index contributed by atoms with van der Waals surface area (Å²) < 4.78 is 19.6. The van der Waals surface area contributed by atoms with Crippen molar-refractivity contribution in [2.45, 2.75) is 32.0 Å². The summed E-state index contributed by atoms with van der Waals surface area (Å²) in [5.41, 5.74) is 0.535. The highest BCUT2D eigenvalue weighted by Gasteiger charge is 2.22. The summed E-state index contributed by atoms with van der Waals surface area (Å²) in [4.78, 5) is 17.7. The topological polar surface area (TPSA) is 32.8 Å². The number of hydrogen-bond acceptors (Lipinski definition) is 4. The number of halogens is 1. The van der Waals surface area contributed by atoms with Crippen LogP contribution in [-0.2, 0) is 22.6 Å². The van der Waals surface area contributed by atoms with E-state index in [1.165, 1.54) is 10.9 Å². The lowest BCUT2D eigenvalue weighted by atomic mass is 10.2. The summed E-state index contributed by atoms with van der Waals surface area (Å²) >= 11 is 1.69. The molecule has 1 fully saturated rings. The van der Waals surface area contributed by atoms with Crippen LogP contribution < -0.4 is 0 Å². The molecule has 1 saturated heterocycles. The number of carbonyl (C=O) groups excluding carboxylic acids is 1. The quantitative estimate of drug-likeness (QED) is 0.707. The molecule has 26 heavy (non-hydrogen) atoms. The number of benzene rings is 1. The summed E-state index contributed by atoms with van der Waals surface area (Å²) in [6.07, 6.45) is 2.32. The SMILES string of the molecule is CN(Cc1ccccc1F)C(=O)CN(Cc1cccs1)CC1CCCO1.